The summed E-state index contributed by atoms with van der Waals surface area (Å²) in [5.74, 6) is 0.696. The van der Waals surface area contributed by atoms with Gasteiger partial charge in [-0.2, -0.15) is 5.10 Å². The van der Waals surface area contributed by atoms with Crippen LogP contribution in [0.1, 0.15) is 30.8 Å². The quantitative estimate of drug-likeness (QED) is 0.802. The van der Waals surface area contributed by atoms with Gasteiger partial charge in [0.1, 0.15) is 18.0 Å². The van der Waals surface area contributed by atoms with E-state index in [0.29, 0.717) is 5.56 Å². The molecular formula is C13H16BrFN4. The second-order valence-electron chi connectivity index (χ2n) is 4.38. The Morgan fingerprint density at radius 3 is 3.05 bits per heavy atom. The number of aromatic amines is 1. The summed E-state index contributed by atoms with van der Waals surface area (Å²) in [5.41, 5.74) is 0.675. The van der Waals surface area contributed by atoms with Crippen LogP contribution in [0.25, 0.3) is 0 Å². The van der Waals surface area contributed by atoms with Crippen LogP contribution in [0.2, 0.25) is 0 Å². The molecule has 2 rings (SSSR count). The molecule has 0 bridgehead atoms. The minimum Gasteiger partial charge on any atom is -0.310 e. The van der Waals surface area contributed by atoms with Crippen LogP contribution in [0.3, 0.4) is 0 Å². The molecule has 0 aliphatic carbocycles. The van der Waals surface area contributed by atoms with Crippen molar-refractivity contribution in [3.63, 3.8) is 0 Å². The number of aryl methyl sites for hydroxylation is 1. The van der Waals surface area contributed by atoms with E-state index >= 15 is 0 Å². The highest BCUT2D eigenvalue weighted by molar-refractivity contribution is 9.10. The standard InChI is InChI=1S/C13H16BrFN4/c1-9(11-7-10(14)4-5-12(11)15)16-6-2-3-13-17-8-18-19-13/h4-5,7-9,16H,2-3,6H2,1H3,(H,17,18,19). The summed E-state index contributed by atoms with van der Waals surface area (Å²) in [7, 11) is 0. The van der Waals surface area contributed by atoms with E-state index in [1.54, 1.807) is 6.07 Å². The van der Waals surface area contributed by atoms with Crippen molar-refractivity contribution in [3.05, 3.63) is 46.2 Å². The van der Waals surface area contributed by atoms with Gasteiger partial charge in [0.15, 0.2) is 0 Å². The Labute approximate surface area is 120 Å². The van der Waals surface area contributed by atoms with Crippen molar-refractivity contribution in [2.24, 2.45) is 0 Å². The Balaban J connectivity index is 1.80. The third kappa shape index (κ3) is 4.11. The highest BCUT2D eigenvalue weighted by Crippen LogP contribution is 2.21. The number of nitrogens with one attached hydrogen (secondary N) is 2. The average Bonchev–Trinajstić information content (AvgIpc) is 2.90. The predicted octanol–water partition coefficient (Wildman–Crippen LogP) is 2.99. The summed E-state index contributed by atoms with van der Waals surface area (Å²) >= 11 is 3.36. The molecule has 6 heteroatoms. The third-order valence-electron chi connectivity index (χ3n) is 2.93. The van der Waals surface area contributed by atoms with Gasteiger partial charge in [0.25, 0.3) is 0 Å². The molecule has 0 spiro atoms. The van der Waals surface area contributed by atoms with E-state index in [-0.39, 0.29) is 11.9 Å². The van der Waals surface area contributed by atoms with Crippen LogP contribution in [0, 0.1) is 5.82 Å². The first-order chi connectivity index (χ1) is 9.16. The Hall–Kier alpha value is -1.27. The number of benzene rings is 1. The van der Waals surface area contributed by atoms with Crippen LogP contribution in [-0.2, 0) is 6.42 Å². The van der Waals surface area contributed by atoms with Gasteiger partial charge in [-0.05, 0) is 38.1 Å². The summed E-state index contributed by atoms with van der Waals surface area (Å²) in [6.07, 6.45) is 3.26. The molecule has 0 saturated carbocycles. The monoisotopic (exact) mass is 326 g/mol. The van der Waals surface area contributed by atoms with Gasteiger partial charge in [0, 0.05) is 22.5 Å². The lowest BCUT2D eigenvalue weighted by Crippen LogP contribution is -2.21. The van der Waals surface area contributed by atoms with Gasteiger partial charge in [-0.15, -0.1) is 0 Å². The van der Waals surface area contributed by atoms with Gasteiger partial charge in [-0.3, -0.25) is 5.10 Å². The molecule has 1 aromatic heterocycles. The van der Waals surface area contributed by atoms with Gasteiger partial charge in [0.2, 0.25) is 0 Å². The van der Waals surface area contributed by atoms with Gasteiger partial charge < -0.3 is 5.32 Å². The first kappa shape index (κ1) is 14.1. The van der Waals surface area contributed by atoms with Crippen molar-refractivity contribution >= 4 is 15.9 Å². The molecular weight excluding hydrogens is 311 g/mol. The fourth-order valence-corrected chi connectivity index (χ4v) is 2.26. The first-order valence-corrected chi connectivity index (χ1v) is 6.98. The van der Waals surface area contributed by atoms with Crippen molar-refractivity contribution in [1.29, 1.82) is 0 Å². The number of hydrogen-bond acceptors (Lipinski definition) is 3. The van der Waals surface area contributed by atoms with Crippen LogP contribution < -0.4 is 5.32 Å². The van der Waals surface area contributed by atoms with E-state index in [0.717, 1.165) is 29.7 Å². The van der Waals surface area contributed by atoms with Crippen LogP contribution in [0.15, 0.2) is 29.0 Å². The Morgan fingerprint density at radius 2 is 2.32 bits per heavy atom. The van der Waals surface area contributed by atoms with E-state index in [4.69, 9.17) is 0 Å². The van der Waals surface area contributed by atoms with Crippen molar-refractivity contribution in [2.45, 2.75) is 25.8 Å². The molecule has 0 amide bonds. The summed E-state index contributed by atoms with van der Waals surface area (Å²) < 4.78 is 14.6. The van der Waals surface area contributed by atoms with Gasteiger partial charge in [0.05, 0.1) is 0 Å². The molecule has 0 saturated heterocycles. The molecule has 4 nitrogen and oxygen atoms in total. The summed E-state index contributed by atoms with van der Waals surface area (Å²) in [5, 5.41) is 9.92. The molecule has 1 unspecified atom stereocenters. The highest BCUT2D eigenvalue weighted by Gasteiger charge is 2.10. The van der Waals surface area contributed by atoms with E-state index in [2.05, 4.69) is 36.4 Å². The molecule has 0 fully saturated rings. The zero-order valence-electron chi connectivity index (χ0n) is 10.7. The van der Waals surface area contributed by atoms with E-state index in [1.807, 2.05) is 13.0 Å². The zero-order chi connectivity index (χ0) is 13.7. The molecule has 1 aromatic carbocycles. The van der Waals surface area contributed by atoms with Crippen molar-refractivity contribution < 1.29 is 4.39 Å². The van der Waals surface area contributed by atoms with Gasteiger partial charge in [-0.1, -0.05) is 15.9 Å². The maximum absolute atomic E-state index is 13.7. The van der Waals surface area contributed by atoms with Crippen LogP contribution >= 0.6 is 15.9 Å². The van der Waals surface area contributed by atoms with Crippen molar-refractivity contribution in [3.8, 4) is 0 Å². The highest BCUT2D eigenvalue weighted by atomic mass is 79.9. The van der Waals surface area contributed by atoms with E-state index < -0.39 is 0 Å². The number of nitrogens with zero attached hydrogens (tertiary/aromatic N) is 2. The number of aromatic nitrogens is 3. The fraction of sp³-hybridized carbons (Fsp3) is 0.385. The molecule has 1 atom stereocenters. The normalized spacial score (nSPS) is 12.6. The summed E-state index contributed by atoms with van der Waals surface area (Å²) in [6, 6.07) is 4.97. The largest absolute Gasteiger partial charge is 0.310 e. The van der Waals surface area contributed by atoms with Gasteiger partial charge in [-0.25, -0.2) is 9.37 Å². The SMILES string of the molecule is CC(NCCCc1ncn[nH]1)c1cc(Br)ccc1F. The van der Waals surface area contributed by atoms with Crippen molar-refractivity contribution in [1.82, 2.24) is 20.5 Å². The molecule has 19 heavy (non-hydrogen) atoms. The topological polar surface area (TPSA) is 53.6 Å². The van der Waals surface area contributed by atoms with Gasteiger partial charge >= 0.3 is 0 Å². The number of hydrogen-bond donors (Lipinski definition) is 2. The molecule has 0 radical (unpaired) electrons. The maximum Gasteiger partial charge on any atom is 0.137 e. The second-order valence-corrected chi connectivity index (χ2v) is 5.29. The lowest BCUT2D eigenvalue weighted by Gasteiger charge is -2.15. The smallest absolute Gasteiger partial charge is 0.137 e. The molecule has 0 aliphatic rings. The van der Waals surface area contributed by atoms with E-state index in [9.17, 15) is 4.39 Å². The number of halogens is 2. The average molecular weight is 327 g/mol. The van der Waals surface area contributed by atoms with E-state index in [1.165, 1.54) is 12.4 Å². The maximum atomic E-state index is 13.7. The number of H-pyrrole nitrogens is 1. The molecule has 2 aromatic rings. The summed E-state index contributed by atoms with van der Waals surface area (Å²) in [6.45, 7) is 2.76. The van der Waals surface area contributed by atoms with Crippen LogP contribution in [0.5, 0.6) is 0 Å². The lowest BCUT2D eigenvalue weighted by atomic mass is 10.1. The third-order valence-corrected chi connectivity index (χ3v) is 3.42. The fourth-order valence-electron chi connectivity index (χ4n) is 1.88. The summed E-state index contributed by atoms with van der Waals surface area (Å²) in [4.78, 5) is 4.06. The van der Waals surface area contributed by atoms with Crippen LogP contribution in [0.4, 0.5) is 4.39 Å². The molecule has 0 aliphatic heterocycles. The minimum atomic E-state index is -0.182. The molecule has 2 N–H and O–H groups in total. The Bertz CT molecular complexity index is 515. The minimum absolute atomic E-state index is 0.0211. The second kappa shape index (κ2) is 6.77. The zero-order valence-corrected chi connectivity index (χ0v) is 12.2. The molecule has 102 valence electrons. The first-order valence-electron chi connectivity index (χ1n) is 6.19. The predicted molar refractivity (Wildman–Crippen MR) is 75.2 cm³/mol. The lowest BCUT2D eigenvalue weighted by molar-refractivity contribution is 0.519. The van der Waals surface area contributed by atoms with Crippen LogP contribution in [-0.4, -0.2) is 21.7 Å². The van der Waals surface area contributed by atoms with Crippen molar-refractivity contribution in [2.75, 3.05) is 6.54 Å². The Kier molecular flexibility index (Phi) is 5.04. The Morgan fingerprint density at radius 1 is 1.47 bits per heavy atom. The number of rotatable bonds is 6. The molecule has 1 heterocycles.